The molecule has 0 aromatic heterocycles. The van der Waals surface area contributed by atoms with E-state index in [0.717, 1.165) is 32.7 Å². The Hall–Kier alpha value is -0.690. The van der Waals surface area contributed by atoms with Gasteiger partial charge in [-0.1, -0.05) is 0 Å². The molecule has 122 valence electrons. The first-order valence-electron chi connectivity index (χ1n) is 8.09. The van der Waals surface area contributed by atoms with Crippen LogP contribution in [0.1, 0.15) is 27.7 Å². The largest absolute Gasteiger partial charge is 0.480 e. The van der Waals surface area contributed by atoms with E-state index in [4.69, 9.17) is 5.11 Å². The van der Waals surface area contributed by atoms with Crippen molar-refractivity contribution in [3.63, 3.8) is 0 Å². The molecular formula is C15H30N4O2. The van der Waals surface area contributed by atoms with Crippen LogP contribution in [0.25, 0.3) is 0 Å². The number of carboxylic acids is 1. The summed E-state index contributed by atoms with van der Waals surface area (Å²) in [7, 11) is 0. The van der Waals surface area contributed by atoms with Crippen LogP contribution in [0.15, 0.2) is 0 Å². The van der Waals surface area contributed by atoms with Crippen molar-refractivity contribution in [2.24, 2.45) is 0 Å². The monoisotopic (exact) mass is 298 g/mol. The molecule has 6 nitrogen and oxygen atoms in total. The molecule has 2 rings (SSSR count). The lowest BCUT2D eigenvalue weighted by Gasteiger charge is -2.44. The van der Waals surface area contributed by atoms with Crippen molar-refractivity contribution < 1.29 is 9.90 Å². The molecular weight excluding hydrogens is 268 g/mol. The van der Waals surface area contributed by atoms with Gasteiger partial charge in [0, 0.05) is 56.9 Å². The first-order valence-corrected chi connectivity index (χ1v) is 8.09. The fourth-order valence-electron chi connectivity index (χ4n) is 3.28. The van der Waals surface area contributed by atoms with E-state index in [9.17, 15) is 4.79 Å². The average Bonchev–Trinajstić information content (AvgIpc) is 2.44. The van der Waals surface area contributed by atoms with Gasteiger partial charge in [0.15, 0.2) is 0 Å². The van der Waals surface area contributed by atoms with Crippen LogP contribution >= 0.6 is 0 Å². The highest BCUT2D eigenvalue weighted by Gasteiger charge is 2.32. The van der Waals surface area contributed by atoms with Gasteiger partial charge < -0.3 is 15.7 Å². The van der Waals surface area contributed by atoms with Crippen molar-refractivity contribution in [1.29, 1.82) is 0 Å². The maximum atomic E-state index is 11.0. The summed E-state index contributed by atoms with van der Waals surface area (Å²) in [6.45, 7) is 13.1. The molecule has 0 radical (unpaired) electrons. The molecule has 6 heteroatoms. The Morgan fingerprint density at radius 1 is 1.10 bits per heavy atom. The van der Waals surface area contributed by atoms with E-state index in [-0.39, 0.29) is 6.04 Å². The number of nitrogens with zero attached hydrogens (tertiary/aromatic N) is 2. The summed E-state index contributed by atoms with van der Waals surface area (Å²) in [4.78, 5) is 15.5. The second-order valence-corrected chi connectivity index (χ2v) is 6.66. The summed E-state index contributed by atoms with van der Waals surface area (Å²) >= 11 is 0. The van der Waals surface area contributed by atoms with Crippen molar-refractivity contribution in [2.75, 3.05) is 32.7 Å². The Labute approximate surface area is 127 Å². The fourth-order valence-corrected chi connectivity index (χ4v) is 3.28. The molecule has 5 unspecified atom stereocenters. The van der Waals surface area contributed by atoms with E-state index < -0.39 is 5.97 Å². The predicted octanol–water partition coefficient (Wildman–Crippen LogP) is -0.196. The van der Waals surface area contributed by atoms with Gasteiger partial charge in [0.25, 0.3) is 0 Å². The van der Waals surface area contributed by atoms with Gasteiger partial charge in [0.1, 0.15) is 6.04 Å². The summed E-state index contributed by atoms with van der Waals surface area (Å²) in [6, 6.07) is 1.54. The van der Waals surface area contributed by atoms with Crippen molar-refractivity contribution in [1.82, 2.24) is 20.4 Å². The van der Waals surface area contributed by atoms with Gasteiger partial charge in [-0.3, -0.25) is 14.6 Å². The molecule has 21 heavy (non-hydrogen) atoms. The molecule has 0 bridgehead atoms. The molecule has 0 saturated carbocycles. The number of nitrogens with one attached hydrogen (secondary N) is 2. The molecule has 5 atom stereocenters. The molecule has 2 aliphatic rings. The van der Waals surface area contributed by atoms with E-state index in [1.807, 2.05) is 0 Å². The molecule has 0 aromatic carbocycles. The number of hydrogen-bond donors (Lipinski definition) is 3. The van der Waals surface area contributed by atoms with Crippen molar-refractivity contribution >= 4 is 5.97 Å². The standard InChI is InChI=1S/C15H30N4O2/c1-10-11(2)17-14(12(3)16-10)9-18-5-7-19(8-6-18)13(4)15(20)21/h10-14,16-17H,5-9H2,1-4H3,(H,20,21). The summed E-state index contributed by atoms with van der Waals surface area (Å²) in [5.41, 5.74) is 0. The molecule has 2 aliphatic heterocycles. The third-order valence-corrected chi connectivity index (χ3v) is 5.12. The van der Waals surface area contributed by atoms with Gasteiger partial charge in [-0.2, -0.15) is 0 Å². The smallest absolute Gasteiger partial charge is 0.320 e. The predicted molar refractivity (Wildman–Crippen MR) is 83.6 cm³/mol. The molecule has 0 spiro atoms. The minimum Gasteiger partial charge on any atom is -0.480 e. The summed E-state index contributed by atoms with van der Waals surface area (Å²) < 4.78 is 0. The highest BCUT2D eigenvalue weighted by molar-refractivity contribution is 5.72. The minimum absolute atomic E-state index is 0.374. The van der Waals surface area contributed by atoms with Gasteiger partial charge in [-0.25, -0.2) is 0 Å². The lowest BCUT2D eigenvalue weighted by molar-refractivity contribution is -0.143. The zero-order valence-corrected chi connectivity index (χ0v) is 13.7. The third-order valence-electron chi connectivity index (χ3n) is 5.12. The number of hydrogen-bond acceptors (Lipinski definition) is 5. The second-order valence-electron chi connectivity index (χ2n) is 6.66. The fraction of sp³-hybridized carbons (Fsp3) is 0.933. The Balaban J connectivity index is 1.79. The van der Waals surface area contributed by atoms with Crippen LogP contribution in [0.2, 0.25) is 0 Å². The molecule has 2 saturated heterocycles. The second kappa shape index (κ2) is 7.05. The van der Waals surface area contributed by atoms with Gasteiger partial charge in [-0.05, 0) is 27.7 Å². The zero-order valence-electron chi connectivity index (χ0n) is 13.7. The van der Waals surface area contributed by atoms with E-state index in [1.54, 1.807) is 6.92 Å². The van der Waals surface area contributed by atoms with Crippen molar-refractivity contribution in [3.05, 3.63) is 0 Å². The van der Waals surface area contributed by atoms with Crippen LogP contribution in [0.4, 0.5) is 0 Å². The molecule has 0 aromatic rings. The Morgan fingerprint density at radius 2 is 1.67 bits per heavy atom. The summed E-state index contributed by atoms with van der Waals surface area (Å²) in [5.74, 6) is -0.724. The van der Waals surface area contributed by atoms with E-state index in [1.165, 1.54) is 0 Å². The van der Waals surface area contributed by atoms with Crippen LogP contribution < -0.4 is 10.6 Å². The zero-order chi connectivity index (χ0) is 15.6. The summed E-state index contributed by atoms with van der Waals surface area (Å²) in [5, 5.41) is 16.4. The number of aliphatic carboxylic acids is 1. The first kappa shape index (κ1) is 16.7. The van der Waals surface area contributed by atoms with E-state index >= 15 is 0 Å². The van der Waals surface area contributed by atoms with Crippen molar-refractivity contribution in [2.45, 2.75) is 57.9 Å². The Bertz CT molecular complexity index is 358. The van der Waals surface area contributed by atoms with Crippen LogP contribution in [-0.2, 0) is 4.79 Å². The van der Waals surface area contributed by atoms with Gasteiger partial charge in [0.05, 0.1) is 0 Å². The summed E-state index contributed by atoms with van der Waals surface area (Å²) in [6.07, 6.45) is 0. The molecule has 2 fully saturated rings. The topological polar surface area (TPSA) is 67.8 Å². The van der Waals surface area contributed by atoms with E-state index in [2.05, 4.69) is 41.2 Å². The highest BCUT2D eigenvalue weighted by Crippen LogP contribution is 2.12. The highest BCUT2D eigenvalue weighted by atomic mass is 16.4. The number of carboxylic acid groups (broad SMARTS) is 1. The van der Waals surface area contributed by atoms with Gasteiger partial charge >= 0.3 is 5.97 Å². The van der Waals surface area contributed by atoms with Crippen molar-refractivity contribution in [3.8, 4) is 0 Å². The molecule has 0 aliphatic carbocycles. The molecule has 2 heterocycles. The normalized spacial score (nSPS) is 37.3. The molecule has 3 N–H and O–H groups in total. The Kier molecular flexibility index (Phi) is 5.60. The minimum atomic E-state index is -0.724. The van der Waals surface area contributed by atoms with Gasteiger partial charge in [-0.15, -0.1) is 0 Å². The number of carbonyl (C=O) groups is 1. The molecule has 0 amide bonds. The van der Waals surface area contributed by atoms with Crippen LogP contribution in [0.5, 0.6) is 0 Å². The third kappa shape index (κ3) is 4.16. The van der Waals surface area contributed by atoms with Gasteiger partial charge in [0.2, 0.25) is 0 Å². The first-order chi connectivity index (χ1) is 9.88. The maximum Gasteiger partial charge on any atom is 0.320 e. The quantitative estimate of drug-likeness (QED) is 0.668. The lowest BCUT2D eigenvalue weighted by Crippen LogP contribution is -2.66. The van der Waals surface area contributed by atoms with Crippen LogP contribution in [0, 0.1) is 0 Å². The van der Waals surface area contributed by atoms with E-state index in [0.29, 0.717) is 24.2 Å². The Morgan fingerprint density at radius 3 is 2.24 bits per heavy atom. The number of rotatable bonds is 4. The average molecular weight is 298 g/mol. The van der Waals surface area contributed by atoms with Crippen LogP contribution in [-0.4, -0.2) is 83.8 Å². The maximum absolute atomic E-state index is 11.0. The van der Waals surface area contributed by atoms with Crippen LogP contribution in [0.3, 0.4) is 0 Å². The lowest BCUT2D eigenvalue weighted by atomic mass is 9.99. The number of piperazine rings is 2. The SMILES string of the molecule is CC1NC(C)C(CN2CCN(C(C)C(=O)O)CC2)NC1C.